The van der Waals surface area contributed by atoms with Crippen molar-refractivity contribution in [2.45, 2.75) is 76.1 Å². The number of carbonyl (C=O) groups is 2. The maximum absolute atomic E-state index is 14.3. The van der Waals surface area contributed by atoms with Crippen molar-refractivity contribution in [3.8, 4) is 17.4 Å². The van der Waals surface area contributed by atoms with Crippen LogP contribution in [0.15, 0.2) is 61.3 Å². The van der Waals surface area contributed by atoms with E-state index in [-0.39, 0.29) is 53.8 Å². The number of fused-ring (bicyclic) bond motifs is 3. The fourth-order valence-corrected chi connectivity index (χ4v) is 8.67. The molecule has 2 unspecified atom stereocenters. The summed E-state index contributed by atoms with van der Waals surface area (Å²) >= 11 is 0. The van der Waals surface area contributed by atoms with Gasteiger partial charge in [-0.2, -0.15) is 18.3 Å². The van der Waals surface area contributed by atoms with Crippen molar-refractivity contribution in [2.24, 2.45) is 11.8 Å². The van der Waals surface area contributed by atoms with Crippen LogP contribution in [-0.2, 0) is 22.4 Å². The summed E-state index contributed by atoms with van der Waals surface area (Å²) < 4.78 is 73.1. The SMILES string of the molecule is CCOc1cc2nc(C3CCOCC3)cn2cc1NC(=O)c1nc(OC2CCC2)ccc1CCOc1cc2nc(C3C4COCC43)cn2cc1NC(=O)c1ccn(CC(F)(F)F)n1. The van der Waals surface area contributed by atoms with Crippen LogP contribution in [0, 0.1) is 11.8 Å². The van der Waals surface area contributed by atoms with Gasteiger partial charge in [0.15, 0.2) is 5.69 Å². The lowest BCUT2D eigenvalue weighted by molar-refractivity contribution is -0.142. The quantitative estimate of drug-likeness (QED) is 0.111. The van der Waals surface area contributed by atoms with Gasteiger partial charge in [0.1, 0.15) is 52.5 Å². The summed E-state index contributed by atoms with van der Waals surface area (Å²) in [4.78, 5) is 42.2. The Morgan fingerprint density at radius 1 is 0.825 bits per heavy atom. The summed E-state index contributed by atoms with van der Waals surface area (Å²) in [6, 6.07) is 8.27. The molecular formula is C44H46F3N9O7. The second kappa shape index (κ2) is 16.8. The first-order chi connectivity index (χ1) is 30.5. The minimum Gasteiger partial charge on any atom is -0.491 e. The van der Waals surface area contributed by atoms with Crippen LogP contribution in [0.5, 0.6) is 17.4 Å². The van der Waals surface area contributed by atoms with Crippen LogP contribution in [0.4, 0.5) is 24.5 Å². The third kappa shape index (κ3) is 8.75. The molecule has 2 amide bonds. The van der Waals surface area contributed by atoms with E-state index in [0.717, 1.165) is 49.7 Å². The molecule has 4 aliphatic rings. The Hall–Kier alpha value is -6.21. The number of aromatic nitrogens is 7. The molecular weight excluding hydrogens is 824 g/mol. The predicted molar refractivity (Wildman–Crippen MR) is 221 cm³/mol. The van der Waals surface area contributed by atoms with Crippen LogP contribution in [0.25, 0.3) is 11.3 Å². The first-order valence-corrected chi connectivity index (χ1v) is 21.4. The Bertz CT molecular complexity index is 2660. The van der Waals surface area contributed by atoms with Crippen LogP contribution >= 0.6 is 0 Å². The number of anilines is 2. The molecule has 2 saturated heterocycles. The Balaban J connectivity index is 0.910. The molecule has 6 aromatic rings. The number of ether oxygens (including phenoxy) is 5. The van der Waals surface area contributed by atoms with E-state index in [1.54, 1.807) is 35.0 Å². The Morgan fingerprint density at radius 2 is 1.51 bits per heavy atom. The van der Waals surface area contributed by atoms with Crippen molar-refractivity contribution in [1.82, 2.24) is 33.5 Å². The first kappa shape index (κ1) is 40.8. The van der Waals surface area contributed by atoms with E-state index in [1.165, 1.54) is 6.07 Å². The van der Waals surface area contributed by atoms with Crippen LogP contribution in [0.3, 0.4) is 0 Å². The molecule has 0 aromatic carbocycles. The molecule has 63 heavy (non-hydrogen) atoms. The third-order valence-electron chi connectivity index (χ3n) is 12.2. The number of hydrogen-bond donors (Lipinski definition) is 2. The van der Waals surface area contributed by atoms with Gasteiger partial charge in [0, 0.05) is 80.7 Å². The Morgan fingerprint density at radius 3 is 2.19 bits per heavy atom. The molecule has 0 radical (unpaired) electrons. The smallest absolute Gasteiger partial charge is 0.408 e. The van der Waals surface area contributed by atoms with Gasteiger partial charge < -0.3 is 43.1 Å². The molecule has 0 bridgehead atoms. The van der Waals surface area contributed by atoms with Gasteiger partial charge >= 0.3 is 6.18 Å². The van der Waals surface area contributed by atoms with Gasteiger partial charge in [-0.3, -0.25) is 14.3 Å². The highest BCUT2D eigenvalue weighted by molar-refractivity contribution is 6.05. The van der Waals surface area contributed by atoms with Crippen molar-refractivity contribution in [1.29, 1.82) is 0 Å². The van der Waals surface area contributed by atoms with Gasteiger partial charge in [0.25, 0.3) is 11.8 Å². The predicted octanol–water partition coefficient (Wildman–Crippen LogP) is 6.85. The van der Waals surface area contributed by atoms with Gasteiger partial charge in [-0.05, 0) is 62.5 Å². The van der Waals surface area contributed by atoms with Crippen LogP contribution in [0.2, 0.25) is 0 Å². The van der Waals surface area contributed by atoms with Crippen molar-refractivity contribution in [2.75, 3.05) is 50.3 Å². The minimum absolute atomic E-state index is 0.0266. The summed E-state index contributed by atoms with van der Waals surface area (Å²) in [7, 11) is 0. The summed E-state index contributed by atoms with van der Waals surface area (Å²) in [5.41, 5.74) is 4.35. The van der Waals surface area contributed by atoms with Crippen molar-refractivity contribution >= 4 is 34.5 Å². The lowest BCUT2D eigenvalue weighted by Gasteiger charge is -2.26. The zero-order chi connectivity index (χ0) is 43.2. The number of imidazole rings is 2. The van der Waals surface area contributed by atoms with Crippen molar-refractivity contribution in [3.63, 3.8) is 0 Å². The summed E-state index contributed by atoms with van der Waals surface area (Å²) in [6.07, 6.45) is 8.83. The Labute approximate surface area is 359 Å². The molecule has 6 aromatic heterocycles. The van der Waals surface area contributed by atoms with Gasteiger partial charge in [0.05, 0.1) is 37.8 Å². The molecule has 19 heteroatoms. The van der Waals surface area contributed by atoms with Crippen LogP contribution in [-0.4, -0.2) is 97.3 Å². The Kier molecular flexibility index (Phi) is 10.9. The van der Waals surface area contributed by atoms with Crippen LogP contribution in [0.1, 0.15) is 88.8 Å². The third-order valence-corrected chi connectivity index (χ3v) is 12.2. The number of halogens is 3. The number of nitrogens with one attached hydrogen (secondary N) is 2. The molecule has 2 saturated carbocycles. The number of rotatable bonds is 15. The number of pyridine rings is 3. The van der Waals surface area contributed by atoms with E-state index in [0.29, 0.717) is 83.7 Å². The largest absolute Gasteiger partial charge is 0.491 e. The average molecular weight is 870 g/mol. The number of alkyl halides is 3. The molecule has 10 rings (SSSR count). The van der Waals surface area contributed by atoms with E-state index in [4.69, 9.17) is 38.6 Å². The summed E-state index contributed by atoms with van der Waals surface area (Å²) in [6.45, 7) is 3.70. The zero-order valence-corrected chi connectivity index (χ0v) is 34.5. The van der Waals surface area contributed by atoms with Crippen LogP contribution < -0.4 is 24.8 Å². The maximum atomic E-state index is 14.3. The molecule has 8 heterocycles. The lowest BCUT2D eigenvalue weighted by atomic mass is 9.96. The number of carbonyl (C=O) groups excluding carboxylic acids is 2. The zero-order valence-electron chi connectivity index (χ0n) is 34.5. The van der Waals surface area contributed by atoms with Gasteiger partial charge in [-0.25, -0.2) is 15.0 Å². The molecule has 2 N–H and O–H groups in total. The normalized spacial score (nSPS) is 20.1. The minimum atomic E-state index is -4.51. The second-order valence-corrected chi connectivity index (χ2v) is 16.5. The summed E-state index contributed by atoms with van der Waals surface area (Å²) in [5.74, 6) is 1.24. The first-order valence-electron chi connectivity index (χ1n) is 21.4. The standard InChI is InChI=1S/C44H46F3N9O7/c1-2-61-35-16-37-48-31(25-9-13-59-14-10-25)18-54(37)19-32(35)51-43(58)41-26(6-7-39(52-41)63-27-4-3-5-27)11-15-62-36-17-38-49-34(40-28-22-60-23-29(28)40)21-55(38)20-33(36)50-42(57)30-8-12-56(53-30)24-44(45,46)47/h6-8,12,16-21,25,27-29,40H,2-5,9-11,13-15,22-24H2,1H3,(H,50,57)(H,51,58). The average Bonchev–Trinajstić information content (AvgIpc) is 3.83. The second-order valence-electron chi connectivity index (χ2n) is 16.5. The fourth-order valence-electron chi connectivity index (χ4n) is 8.67. The summed E-state index contributed by atoms with van der Waals surface area (Å²) in [5, 5.41) is 9.64. The monoisotopic (exact) mass is 869 g/mol. The number of hydrogen-bond acceptors (Lipinski definition) is 11. The van der Waals surface area contributed by atoms with E-state index in [9.17, 15) is 22.8 Å². The van der Waals surface area contributed by atoms with Crippen molar-refractivity contribution < 1.29 is 46.4 Å². The molecule has 0 spiro atoms. The molecule has 2 atom stereocenters. The van der Waals surface area contributed by atoms with Gasteiger partial charge in [0.2, 0.25) is 5.88 Å². The fraction of sp³-hybridized carbons (Fsp3) is 0.455. The highest BCUT2D eigenvalue weighted by Gasteiger charge is 2.55. The molecule has 2 aliphatic heterocycles. The van der Waals surface area contributed by atoms with Crippen molar-refractivity contribution in [3.05, 3.63) is 89.7 Å². The van der Waals surface area contributed by atoms with E-state index < -0.39 is 24.5 Å². The van der Waals surface area contributed by atoms with E-state index in [1.807, 2.05) is 29.8 Å². The molecule has 2 aliphatic carbocycles. The number of amides is 2. The molecule has 16 nitrogen and oxygen atoms in total. The topological polar surface area (TPSA) is 170 Å². The van der Waals surface area contributed by atoms with Gasteiger partial charge in [-0.1, -0.05) is 6.07 Å². The lowest BCUT2D eigenvalue weighted by Crippen LogP contribution is -2.26. The highest BCUT2D eigenvalue weighted by atomic mass is 19.4. The van der Waals surface area contributed by atoms with Gasteiger partial charge in [-0.15, -0.1) is 0 Å². The molecule has 4 fully saturated rings. The van der Waals surface area contributed by atoms with E-state index >= 15 is 0 Å². The highest BCUT2D eigenvalue weighted by Crippen LogP contribution is 2.57. The maximum Gasteiger partial charge on any atom is 0.408 e. The molecule has 330 valence electrons. The van der Waals surface area contributed by atoms with E-state index in [2.05, 4.69) is 15.7 Å². The number of nitrogens with zero attached hydrogens (tertiary/aromatic N) is 7.